The molecular formula is C14H13BrIN3. The highest BCUT2D eigenvalue weighted by atomic mass is 127. The summed E-state index contributed by atoms with van der Waals surface area (Å²) in [4.78, 5) is 9.19. The van der Waals surface area contributed by atoms with Gasteiger partial charge in [0.2, 0.25) is 0 Å². The van der Waals surface area contributed by atoms with Crippen LogP contribution < -0.4 is 5.73 Å². The van der Waals surface area contributed by atoms with Crippen LogP contribution in [0.2, 0.25) is 0 Å². The number of anilines is 1. The maximum absolute atomic E-state index is 6.04. The van der Waals surface area contributed by atoms with Gasteiger partial charge in [-0.3, -0.25) is 0 Å². The second kappa shape index (κ2) is 5.01. The van der Waals surface area contributed by atoms with Crippen LogP contribution in [0.4, 0.5) is 5.82 Å². The summed E-state index contributed by atoms with van der Waals surface area (Å²) < 4.78 is 2.08. The zero-order valence-electron chi connectivity index (χ0n) is 10.5. The Bertz CT molecular complexity index is 653. The number of rotatable bonds is 2. The number of benzene rings is 1. The van der Waals surface area contributed by atoms with Gasteiger partial charge in [-0.05, 0) is 66.1 Å². The molecule has 0 radical (unpaired) electrons. The van der Waals surface area contributed by atoms with Crippen LogP contribution >= 0.6 is 38.5 Å². The van der Waals surface area contributed by atoms with Crippen molar-refractivity contribution in [1.82, 2.24) is 9.97 Å². The van der Waals surface area contributed by atoms with Gasteiger partial charge in [0.1, 0.15) is 5.82 Å². The SMILES string of the molecule is Cc1cc(Br)ccc1-c1nc(N)c(I)c(C2CC2)n1. The number of nitrogens with two attached hydrogens (primary N) is 1. The van der Waals surface area contributed by atoms with Crippen molar-refractivity contribution in [3.05, 3.63) is 37.5 Å². The Hall–Kier alpha value is -0.690. The highest BCUT2D eigenvalue weighted by Crippen LogP contribution is 2.42. The van der Waals surface area contributed by atoms with Crippen molar-refractivity contribution < 1.29 is 0 Å². The molecule has 5 heteroatoms. The molecule has 1 aromatic heterocycles. The lowest BCUT2D eigenvalue weighted by molar-refractivity contribution is 0.981. The highest BCUT2D eigenvalue weighted by Gasteiger charge is 2.29. The molecule has 2 aromatic rings. The van der Waals surface area contributed by atoms with E-state index < -0.39 is 0 Å². The third-order valence-corrected chi connectivity index (χ3v) is 4.89. The second-order valence-electron chi connectivity index (χ2n) is 4.87. The fraction of sp³-hybridized carbons (Fsp3) is 0.286. The van der Waals surface area contributed by atoms with E-state index >= 15 is 0 Å². The first kappa shape index (κ1) is 13.3. The molecule has 98 valence electrons. The number of halogens is 2. The molecule has 0 bridgehead atoms. The summed E-state index contributed by atoms with van der Waals surface area (Å²) in [5, 5.41) is 0. The van der Waals surface area contributed by atoms with E-state index in [4.69, 9.17) is 10.7 Å². The lowest BCUT2D eigenvalue weighted by atomic mass is 10.1. The normalized spacial score (nSPS) is 14.7. The van der Waals surface area contributed by atoms with Crippen molar-refractivity contribution in [3.63, 3.8) is 0 Å². The number of nitrogens with zero attached hydrogens (tertiary/aromatic N) is 2. The maximum Gasteiger partial charge on any atom is 0.162 e. The number of nitrogen functional groups attached to an aromatic ring is 1. The average Bonchev–Trinajstić information content (AvgIpc) is 3.17. The molecule has 1 aromatic carbocycles. The topological polar surface area (TPSA) is 51.8 Å². The van der Waals surface area contributed by atoms with Crippen molar-refractivity contribution >= 4 is 44.3 Å². The molecule has 1 aliphatic rings. The van der Waals surface area contributed by atoms with E-state index in [1.165, 1.54) is 12.8 Å². The van der Waals surface area contributed by atoms with Crippen LogP contribution in [0.3, 0.4) is 0 Å². The lowest BCUT2D eigenvalue weighted by Crippen LogP contribution is -2.04. The Morgan fingerprint density at radius 3 is 2.68 bits per heavy atom. The molecule has 1 heterocycles. The highest BCUT2D eigenvalue weighted by molar-refractivity contribution is 14.1. The molecule has 0 unspecified atom stereocenters. The molecule has 0 saturated heterocycles. The minimum absolute atomic E-state index is 0.576. The van der Waals surface area contributed by atoms with Gasteiger partial charge in [0.15, 0.2) is 5.82 Å². The van der Waals surface area contributed by atoms with Gasteiger partial charge in [-0.1, -0.05) is 15.9 Å². The molecule has 3 nitrogen and oxygen atoms in total. The van der Waals surface area contributed by atoms with Gasteiger partial charge in [0.25, 0.3) is 0 Å². The third-order valence-electron chi connectivity index (χ3n) is 3.30. The van der Waals surface area contributed by atoms with Crippen molar-refractivity contribution in [3.8, 4) is 11.4 Å². The quantitative estimate of drug-likeness (QED) is 0.725. The zero-order valence-corrected chi connectivity index (χ0v) is 14.2. The Morgan fingerprint density at radius 1 is 1.32 bits per heavy atom. The Morgan fingerprint density at radius 2 is 2.05 bits per heavy atom. The summed E-state index contributed by atoms with van der Waals surface area (Å²) in [5.41, 5.74) is 9.35. The van der Waals surface area contributed by atoms with Crippen LogP contribution in [0.1, 0.15) is 30.0 Å². The number of aromatic nitrogens is 2. The summed E-state index contributed by atoms with van der Waals surface area (Å²) in [6.07, 6.45) is 2.43. The van der Waals surface area contributed by atoms with Gasteiger partial charge < -0.3 is 5.73 Å². The zero-order chi connectivity index (χ0) is 13.6. The van der Waals surface area contributed by atoms with E-state index in [0.29, 0.717) is 11.7 Å². The van der Waals surface area contributed by atoms with Gasteiger partial charge in [0, 0.05) is 16.0 Å². The molecule has 0 spiro atoms. The summed E-state index contributed by atoms with van der Waals surface area (Å²) in [6, 6.07) is 6.12. The smallest absolute Gasteiger partial charge is 0.162 e. The van der Waals surface area contributed by atoms with Gasteiger partial charge in [-0.15, -0.1) is 0 Å². The number of hydrogen-bond donors (Lipinski definition) is 1. The molecule has 2 N–H and O–H groups in total. The van der Waals surface area contributed by atoms with Crippen LogP contribution in [0.15, 0.2) is 22.7 Å². The minimum Gasteiger partial charge on any atom is -0.383 e. The average molecular weight is 430 g/mol. The van der Waals surface area contributed by atoms with Crippen LogP contribution in [0.25, 0.3) is 11.4 Å². The van der Waals surface area contributed by atoms with Crippen LogP contribution in [0.5, 0.6) is 0 Å². The van der Waals surface area contributed by atoms with Crippen molar-refractivity contribution in [2.24, 2.45) is 0 Å². The largest absolute Gasteiger partial charge is 0.383 e. The van der Waals surface area contributed by atoms with Crippen LogP contribution in [0, 0.1) is 10.5 Å². The van der Waals surface area contributed by atoms with Gasteiger partial charge in [-0.2, -0.15) is 0 Å². The Balaban J connectivity index is 2.14. The fourth-order valence-corrected chi connectivity index (χ4v) is 3.27. The van der Waals surface area contributed by atoms with E-state index in [2.05, 4.69) is 56.5 Å². The summed E-state index contributed by atoms with van der Waals surface area (Å²) in [7, 11) is 0. The van der Waals surface area contributed by atoms with Crippen LogP contribution in [-0.2, 0) is 0 Å². The van der Waals surface area contributed by atoms with Gasteiger partial charge >= 0.3 is 0 Å². The molecule has 0 amide bonds. The predicted octanol–water partition coefficient (Wildman–Crippen LogP) is 4.28. The fourth-order valence-electron chi connectivity index (χ4n) is 2.11. The van der Waals surface area contributed by atoms with E-state index in [1.54, 1.807) is 0 Å². The van der Waals surface area contributed by atoms with E-state index in [-0.39, 0.29) is 0 Å². The Labute approximate surface area is 134 Å². The molecule has 1 fully saturated rings. The molecule has 0 atom stereocenters. The van der Waals surface area contributed by atoms with E-state index in [1.807, 2.05) is 12.1 Å². The third kappa shape index (κ3) is 2.63. The first-order valence-corrected chi connectivity index (χ1v) is 8.03. The summed E-state index contributed by atoms with van der Waals surface area (Å²) in [6.45, 7) is 2.06. The standard InChI is InChI=1S/C14H13BrIN3/c1-7-6-9(15)4-5-10(7)14-18-12(8-2-3-8)11(16)13(17)19-14/h4-6,8H,2-3H2,1H3,(H2,17,18,19). The van der Waals surface area contributed by atoms with E-state index in [9.17, 15) is 0 Å². The molecule has 1 aliphatic carbocycles. The molecule has 0 aliphatic heterocycles. The van der Waals surface area contributed by atoms with E-state index in [0.717, 1.165) is 30.7 Å². The monoisotopic (exact) mass is 429 g/mol. The Kier molecular flexibility index (Phi) is 3.51. The second-order valence-corrected chi connectivity index (χ2v) is 6.86. The van der Waals surface area contributed by atoms with Gasteiger partial charge in [0.05, 0.1) is 9.26 Å². The van der Waals surface area contributed by atoms with Crippen molar-refractivity contribution in [1.29, 1.82) is 0 Å². The number of aryl methyl sites for hydroxylation is 1. The van der Waals surface area contributed by atoms with Gasteiger partial charge in [-0.25, -0.2) is 9.97 Å². The summed E-state index contributed by atoms with van der Waals surface area (Å²) >= 11 is 5.73. The molecule has 3 rings (SSSR count). The van der Waals surface area contributed by atoms with Crippen molar-refractivity contribution in [2.75, 3.05) is 5.73 Å². The lowest BCUT2D eigenvalue weighted by Gasteiger charge is -2.10. The molecular weight excluding hydrogens is 417 g/mol. The first-order valence-electron chi connectivity index (χ1n) is 6.15. The summed E-state index contributed by atoms with van der Waals surface area (Å²) in [5.74, 6) is 1.91. The molecule has 19 heavy (non-hydrogen) atoms. The number of hydrogen-bond acceptors (Lipinski definition) is 3. The predicted molar refractivity (Wildman–Crippen MR) is 89.0 cm³/mol. The first-order chi connectivity index (χ1) is 9.06. The maximum atomic E-state index is 6.04. The van der Waals surface area contributed by atoms with Crippen molar-refractivity contribution in [2.45, 2.75) is 25.7 Å². The minimum atomic E-state index is 0.576. The molecule has 1 saturated carbocycles. The van der Waals surface area contributed by atoms with Crippen LogP contribution in [-0.4, -0.2) is 9.97 Å².